The minimum Gasteiger partial charge on any atom is -0.384 e. The molecule has 7 heteroatoms. The summed E-state index contributed by atoms with van der Waals surface area (Å²) in [5.74, 6) is 0.167. The number of anilines is 2. The molecule has 0 spiro atoms. The predicted octanol–water partition coefficient (Wildman–Crippen LogP) is 2.30. The van der Waals surface area contributed by atoms with Crippen LogP contribution in [0.3, 0.4) is 0 Å². The third-order valence-corrected chi connectivity index (χ3v) is 3.26. The molecule has 0 aromatic carbocycles. The number of aromatic nitrogens is 1. The van der Waals surface area contributed by atoms with Crippen molar-refractivity contribution >= 4 is 11.6 Å². The van der Waals surface area contributed by atoms with Crippen molar-refractivity contribution in [2.24, 2.45) is 0 Å². The van der Waals surface area contributed by atoms with Gasteiger partial charge in [0.2, 0.25) is 0 Å². The van der Waals surface area contributed by atoms with Crippen molar-refractivity contribution in [1.82, 2.24) is 4.98 Å². The maximum absolute atomic E-state index is 12.7. The van der Waals surface area contributed by atoms with Crippen molar-refractivity contribution in [3.05, 3.63) is 17.7 Å². The fraction of sp³-hybridized carbons (Fsp3) is 0.583. The summed E-state index contributed by atoms with van der Waals surface area (Å²) in [6, 6.07) is 1.90. The molecule has 4 nitrogen and oxygen atoms in total. The molecule has 1 aliphatic heterocycles. The molecule has 0 aliphatic carbocycles. The predicted molar refractivity (Wildman–Crippen MR) is 65.9 cm³/mol. The minimum absolute atomic E-state index is 0.112. The second kappa shape index (κ2) is 5.24. The molecule has 0 radical (unpaired) electrons. The van der Waals surface area contributed by atoms with E-state index in [1.54, 1.807) is 12.0 Å². The molecule has 1 aromatic heterocycles. The number of ether oxygens (including phenoxy) is 1. The average molecular weight is 275 g/mol. The van der Waals surface area contributed by atoms with Gasteiger partial charge in [-0.15, -0.1) is 0 Å². The summed E-state index contributed by atoms with van der Waals surface area (Å²) in [5.41, 5.74) is 4.69. The van der Waals surface area contributed by atoms with Gasteiger partial charge in [0.25, 0.3) is 0 Å². The van der Waals surface area contributed by atoms with E-state index in [2.05, 4.69) is 4.98 Å². The van der Waals surface area contributed by atoms with Crippen LogP contribution in [0.25, 0.3) is 0 Å². The second-order valence-electron chi connectivity index (χ2n) is 4.56. The largest absolute Gasteiger partial charge is 0.416 e. The van der Waals surface area contributed by atoms with E-state index in [1.807, 2.05) is 0 Å². The van der Waals surface area contributed by atoms with Crippen LogP contribution in [0.1, 0.15) is 18.4 Å². The zero-order chi connectivity index (χ0) is 14.0. The maximum Gasteiger partial charge on any atom is 0.416 e. The topological polar surface area (TPSA) is 51.4 Å². The zero-order valence-corrected chi connectivity index (χ0v) is 10.6. The van der Waals surface area contributed by atoms with Crippen molar-refractivity contribution in [1.29, 1.82) is 0 Å². The number of piperidine rings is 1. The number of halogens is 3. The minimum atomic E-state index is -4.41. The number of nitrogens with zero attached hydrogens (tertiary/aromatic N) is 2. The summed E-state index contributed by atoms with van der Waals surface area (Å²) in [5, 5.41) is 0. The van der Waals surface area contributed by atoms with Crippen molar-refractivity contribution < 1.29 is 17.9 Å². The van der Waals surface area contributed by atoms with Crippen LogP contribution in [0.4, 0.5) is 24.8 Å². The van der Waals surface area contributed by atoms with Gasteiger partial charge in [0, 0.05) is 20.2 Å². The smallest absolute Gasteiger partial charge is 0.384 e. The lowest BCUT2D eigenvalue weighted by Crippen LogP contribution is -2.37. The number of alkyl halides is 3. The average Bonchev–Trinajstić information content (AvgIpc) is 2.37. The molecule has 1 fully saturated rings. The summed E-state index contributed by atoms with van der Waals surface area (Å²) in [4.78, 5) is 5.79. The summed E-state index contributed by atoms with van der Waals surface area (Å²) >= 11 is 0. The lowest BCUT2D eigenvalue weighted by atomic mass is 10.1. The molecule has 2 N–H and O–H groups in total. The van der Waals surface area contributed by atoms with Gasteiger partial charge in [0.05, 0.1) is 11.7 Å². The molecule has 1 aliphatic rings. The Morgan fingerprint density at radius 1 is 1.32 bits per heavy atom. The van der Waals surface area contributed by atoms with Crippen LogP contribution in [-0.4, -0.2) is 31.3 Å². The molecule has 1 saturated heterocycles. The Morgan fingerprint density at radius 2 is 1.95 bits per heavy atom. The second-order valence-corrected chi connectivity index (χ2v) is 4.56. The SMILES string of the molecule is COC1CCN(c2cc(C(F)(F)F)cc(N)n2)CC1. The van der Waals surface area contributed by atoms with E-state index in [4.69, 9.17) is 10.5 Å². The van der Waals surface area contributed by atoms with Crippen LogP contribution < -0.4 is 10.6 Å². The molecule has 0 atom stereocenters. The van der Waals surface area contributed by atoms with Crippen molar-refractivity contribution in [2.75, 3.05) is 30.8 Å². The summed E-state index contributed by atoms with van der Waals surface area (Å²) < 4.78 is 43.4. The Morgan fingerprint density at radius 3 is 2.47 bits per heavy atom. The monoisotopic (exact) mass is 275 g/mol. The number of hydrogen-bond acceptors (Lipinski definition) is 4. The number of nitrogens with two attached hydrogens (primary N) is 1. The molecule has 0 unspecified atom stereocenters. The van der Waals surface area contributed by atoms with Gasteiger partial charge in [-0.1, -0.05) is 0 Å². The van der Waals surface area contributed by atoms with Crippen molar-refractivity contribution in [3.8, 4) is 0 Å². The molecular formula is C12H16F3N3O. The van der Waals surface area contributed by atoms with E-state index in [1.165, 1.54) is 0 Å². The van der Waals surface area contributed by atoms with Gasteiger partial charge in [-0.2, -0.15) is 13.2 Å². The van der Waals surface area contributed by atoms with E-state index < -0.39 is 11.7 Å². The molecule has 106 valence electrons. The van der Waals surface area contributed by atoms with Gasteiger partial charge < -0.3 is 15.4 Å². The fourth-order valence-electron chi connectivity index (χ4n) is 2.18. The van der Waals surface area contributed by atoms with E-state index in [9.17, 15) is 13.2 Å². The summed E-state index contributed by atoms with van der Waals surface area (Å²) in [7, 11) is 1.64. The number of rotatable bonds is 2. The maximum atomic E-state index is 12.7. The van der Waals surface area contributed by atoms with E-state index >= 15 is 0 Å². The van der Waals surface area contributed by atoms with Crippen molar-refractivity contribution in [3.63, 3.8) is 0 Å². The Labute approximate surface area is 109 Å². The van der Waals surface area contributed by atoms with Gasteiger partial charge in [0.1, 0.15) is 11.6 Å². The highest BCUT2D eigenvalue weighted by Gasteiger charge is 2.32. The first-order chi connectivity index (χ1) is 8.90. The van der Waals surface area contributed by atoms with Gasteiger partial charge in [-0.05, 0) is 25.0 Å². The van der Waals surface area contributed by atoms with Crippen LogP contribution in [0.5, 0.6) is 0 Å². The molecule has 0 saturated carbocycles. The lowest BCUT2D eigenvalue weighted by Gasteiger charge is -2.32. The van der Waals surface area contributed by atoms with Crippen LogP contribution in [0.15, 0.2) is 12.1 Å². The Balaban J connectivity index is 2.19. The fourth-order valence-corrected chi connectivity index (χ4v) is 2.18. The quantitative estimate of drug-likeness (QED) is 0.899. The normalized spacial score (nSPS) is 17.8. The number of pyridine rings is 1. The standard InChI is InChI=1S/C12H16F3N3O/c1-19-9-2-4-18(5-3-9)11-7-8(12(13,14)15)6-10(16)17-11/h6-7,9H,2-5H2,1H3,(H2,16,17). The lowest BCUT2D eigenvalue weighted by molar-refractivity contribution is -0.137. The van der Waals surface area contributed by atoms with Gasteiger partial charge in [-0.25, -0.2) is 4.98 Å². The van der Waals surface area contributed by atoms with Crippen LogP contribution in [-0.2, 0) is 10.9 Å². The molecular weight excluding hydrogens is 259 g/mol. The first-order valence-electron chi connectivity index (χ1n) is 6.02. The highest BCUT2D eigenvalue weighted by atomic mass is 19.4. The van der Waals surface area contributed by atoms with E-state index in [0.29, 0.717) is 13.1 Å². The first-order valence-corrected chi connectivity index (χ1v) is 6.02. The van der Waals surface area contributed by atoms with E-state index in [-0.39, 0.29) is 17.7 Å². The van der Waals surface area contributed by atoms with Gasteiger partial charge >= 0.3 is 6.18 Å². The number of hydrogen-bond donors (Lipinski definition) is 1. The molecule has 2 rings (SSSR count). The van der Waals surface area contributed by atoms with E-state index in [0.717, 1.165) is 25.0 Å². The summed E-state index contributed by atoms with van der Waals surface area (Å²) in [6.07, 6.45) is -2.70. The number of methoxy groups -OCH3 is 1. The third kappa shape index (κ3) is 3.28. The molecule has 0 bridgehead atoms. The third-order valence-electron chi connectivity index (χ3n) is 3.26. The zero-order valence-electron chi connectivity index (χ0n) is 10.6. The van der Waals surface area contributed by atoms with Crippen LogP contribution in [0, 0.1) is 0 Å². The van der Waals surface area contributed by atoms with Crippen LogP contribution >= 0.6 is 0 Å². The molecule has 1 aromatic rings. The molecule has 2 heterocycles. The molecule has 0 amide bonds. The highest BCUT2D eigenvalue weighted by Crippen LogP contribution is 2.32. The Kier molecular flexibility index (Phi) is 3.84. The van der Waals surface area contributed by atoms with Gasteiger partial charge in [0.15, 0.2) is 0 Å². The number of nitrogen functional groups attached to an aromatic ring is 1. The summed E-state index contributed by atoms with van der Waals surface area (Å²) in [6.45, 7) is 1.23. The highest BCUT2D eigenvalue weighted by molar-refractivity contribution is 5.49. The Hall–Kier alpha value is -1.50. The van der Waals surface area contributed by atoms with Gasteiger partial charge in [-0.3, -0.25) is 0 Å². The first kappa shape index (κ1) is 13.9. The Bertz CT molecular complexity index is 442. The van der Waals surface area contributed by atoms with Crippen molar-refractivity contribution in [2.45, 2.75) is 25.1 Å². The molecule has 19 heavy (non-hydrogen) atoms. The van der Waals surface area contributed by atoms with Crippen LogP contribution in [0.2, 0.25) is 0 Å².